The Balaban J connectivity index is 1.86. The number of ether oxygens (including phenoxy) is 5. The highest BCUT2D eigenvalue weighted by atomic mass is 16.7. The minimum Gasteiger partial charge on any atom is -0.490 e. The van der Waals surface area contributed by atoms with Gasteiger partial charge in [0.2, 0.25) is 11.5 Å². The number of unbranched alkanes of at least 4 members (excludes halogenated alkanes) is 2. The van der Waals surface area contributed by atoms with Crippen LogP contribution in [0.5, 0.6) is 11.5 Å². The highest BCUT2D eigenvalue weighted by molar-refractivity contribution is 6.03. The summed E-state index contributed by atoms with van der Waals surface area (Å²) in [6.07, 6.45) is 10.1. The molecule has 0 amide bonds. The summed E-state index contributed by atoms with van der Waals surface area (Å²) in [6.45, 7) is 14.0. The third-order valence-corrected chi connectivity index (χ3v) is 10.2. The zero-order valence-electron chi connectivity index (χ0n) is 32.0. The van der Waals surface area contributed by atoms with Crippen LogP contribution in [-0.4, -0.2) is 94.9 Å². The van der Waals surface area contributed by atoms with Crippen LogP contribution in [0.1, 0.15) is 104 Å². The number of aromatic nitrogens is 3. The molecule has 294 valence electrons. The number of rotatable bonds is 18. The molecular formula is C40H54N4O10. The number of hydrogen-bond donors (Lipinski definition) is 2. The molecule has 5 rings (SSSR count). The van der Waals surface area contributed by atoms with Crippen LogP contribution >= 0.6 is 0 Å². The fourth-order valence-electron chi connectivity index (χ4n) is 8.05. The number of carbonyl (C=O) groups is 2. The van der Waals surface area contributed by atoms with Gasteiger partial charge in [-0.25, -0.2) is 14.3 Å². The van der Waals surface area contributed by atoms with Crippen LogP contribution in [0.2, 0.25) is 0 Å². The molecule has 2 N–H and O–H groups in total. The molecule has 1 aliphatic heterocycles. The zero-order chi connectivity index (χ0) is 39.0. The second-order valence-corrected chi connectivity index (χ2v) is 14.8. The zero-order valence-corrected chi connectivity index (χ0v) is 32.0. The number of methoxy groups -OCH3 is 2. The molecule has 3 aliphatic rings. The largest absolute Gasteiger partial charge is 0.490 e. The number of carbonyl (C=O) groups excluding carboxylic acids is 2. The van der Waals surface area contributed by atoms with Gasteiger partial charge in [0.25, 0.3) is 0 Å². The molecule has 1 aromatic heterocycles. The van der Waals surface area contributed by atoms with E-state index in [9.17, 15) is 19.8 Å². The lowest BCUT2D eigenvalue weighted by Crippen LogP contribution is -2.63. The first-order valence-electron chi connectivity index (χ1n) is 18.6. The van der Waals surface area contributed by atoms with Crippen molar-refractivity contribution < 1.29 is 48.3 Å². The topological polar surface area (TPSA) is 173 Å². The molecule has 0 bridgehead atoms. The monoisotopic (exact) mass is 750 g/mol. The fraction of sp³-hybridized carbons (Fsp3) is 0.575. The van der Waals surface area contributed by atoms with Gasteiger partial charge in [-0.3, -0.25) is 0 Å². The van der Waals surface area contributed by atoms with E-state index in [1.54, 1.807) is 12.2 Å². The molecule has 14 nitrogen and oxygen atoms in total. The second-order valence-electron chi connectivity index (χ2n) is 14.8. The Morgan fingerprint density at radius 2 is 1.74 bits per heavy atom. The third kappa shape index (κ3) is 8.25. The SMILES string of the molecule is C=CCOc1ccc2c(c1)[C@H]1[C@H](CCCCO)[C@@H](CCCCO)C=C3C(=NOC(C)(C)C)C[C@H](n4nnc(C(=O)OC)c4C(=O)OC)[C@@](OCC=C)(O2)[C@H]31. The van der Waals surface area contributed by atoms with Crippen LogP contribution in [0.4, 0.5) is 0 Å². The van der Waals surface area contributed by atoms with Crippen molar-refractivity contribution in [3.8, 4) is 11.5 Å². The van der Waals surface area contributed by atoms with Gasteiger partial charge < -0.3 is 38.7 Å². The molecule has 0 radical (unpaired) electrons. The number of aliphatic hydroxyl groups excluding tert-OH is 2. The van der Waals surface area contributed by atoms with Gasteiger partial charge >= 0.3 is 11.9 Å². The number of aliphatic hydroxyl groups is 2. The van der Waals surface area contributed by atoms with Crippen LogP contribution in [0.3, 0.4) is 0 Å². The van der Waals surface area contributed by atoms with Gasteiger partial charge in [-0.2, -0.15) is 0 Å². The van der Waals surface area contributed by atoms with E-state index >= 15 is 0 Å². The molecule has 6 atom stereocenters. The number of oxime groups is 1. The molecule has 0 saturated heterocycles. The standard InChI is InChI=1S/C40H54N4O10/c1-8-20-51-26-16-17-31-29(23-26)33-27(15-11-13-19-46)25(14-10-12-18-45)22-28-30(42-54-39(3,4)5)24-32(40(53-31,34(28)33)52-21-9-2)44-36(38(48)50-7)35(41-43-44)37(47)49-6/h8-9,16-17,22-23,25,27,32-34,45-46H,1-2,10-15,18-21,24H2,3-7H3/t25-,27+,32-,33+,34+,40+/m0/s1. The van der Waals surface area contributed by atoms with Gasteiger partial charge in [-0.05, 0) is 82.1 Å². The van der Waals surface area contributed by atoms with E-state index in [4.69, 9.17) is 33.7 Å². The first kappa shape index (κ1) is 40.7. The minimum absolute atomic E-state index is 0.0120. The maximum absolute atomic E-state index is 13.5. The summed E-state index contributed by atoms with van der Waals surface area (Å²) >= 11 is 0. The highest BCUT2D eigenvalue weighted by Gasteiger charge is 2.65. The number of fused-ring (bicyclic) bond motifs is 2. The summed E-state index contributed by atoms with van der Waals surface area (Å²) in [5.41, 5.74) is 1.18. The molecule has 2 aliphatic carbocycles. The van der Waals surface area contributed by atoms with Crippen molar-refractivity contribution in [2.45, 2.75) is 89.1 Å². The quantitative estimate of drug-likeness (QED) is 0.0823. The first-order valence-corrected chi connectivity index (χ1v) is 18.6. The van der Waals surface area contributed by atoms with Crippen LogP contribution in [0.25, 0.3) is 0 Å². The van der Waals surface area contributed by atoms with Crippen LogP contribution in [-0.2, 0) is 19.0 Å². The normalized spacial score (nSPS) is 25.1. The predicted molar refractivity (Wildman–Crippen MR) is 199 cm³/mol. The van der Waals surface area contributed by atoms with Crippen LogP contribution in [0.15, 0.2) is 60.3 Å². The number of allylic oxidation sites excluding steroid dienone is 1. The number of hydrogen-bond acceptors (Lipinski definition) is 13. The van der Waals surface area contributed by atoms with Crippen molar-refractivity contribution in [1.29, 1.82) is 0 Å². The number of esters is 2. The van der Waals surface area contributed by atoms with Crippen molar-refractivity contribution in [3.63, 3.8) is 0 Å². The predicted octanol–water partition coefficient (Wildman–Crippen LogP) is 5.72. The molecule has 1 fully saturated rings. The van der Waals surface area contributed by atoms with E-state index in [0.717, 1.165) is 36.8 Å². The summed E-state index contributed by atoms with van der Waals surface area (Å²) in [4.78, 5) is 32.6. The molecule has 54 heavy (non-hydrogen) atoms. The Morgan fingerprint density at radius 3 is 2.39 bits per heavy atom. The van der Waals surface area contributed by atoms with Crippen molar-refractivity contribution >= 4 is 17.7 Å². The Morgan fingerprint density at radius 1 is 1.04 bits per heavy atom. The summed E-state index contributed by atoms with van der Waals surface area (Å²) in [6, 6.07) is 4.75. The smallest absolute Gasteiger partial charge is 0.361 e. The van der Waals surface area contributed by atoms with Gasteiger partial charge in [0.1, 0.15) is 29.7 Å². The summed E-state index contributed by atoms with van der Waals surface area (Å²) < 4.78 is 31.6. The Hall–Kier alpha value is -4.53. The molecule has 1 aromatic carbocycles. The van der Waals surface area contributed by atoms with Crippen LogP contribution in [0, 0.1) is 17.8 Å². The summed E-state index contributed by atoms with van der Waals surface area (Å²) in [7, 11) is 2.40. The molecule has 0 unspecified atom stereocenters. The average Bonchev–Trinajstić information content (AvgIpc) is 3.60. The lowest BCUT2D eigenvalue weighted by atomic mass is 9.55. The maximum Gasteiger partial charge on any atom is 0.361 e. The molecule has 2 aromatic rings. The van der Waals surface area contributed by atoms with E-state index in [0.29, 0.717) is 36.7 Å². The third-order valence-electron chi connectivity index (χ3n) is 10.2. The summed E-state index contributed by atoms with van der Waals surface area (Å²) in [5, 5.41) is 32.9. The fourth-order valence-corrected chi connectivity index (χ4v) is 8.05. The van der Waals surface area contributed by atoms with Gasteiger partial charge in [-0.15, -0.1) is 11.7 Å². The molecule has 0 spiro atoms. The van der Waals surface area contributed by atoms with E-state index in [2.05, 4.69) is 29.5 Å². The van der Waals surface area contributed by atoms with Crippen molar-refractivity contribution in [3.05, 3.63) is 72.1 Å². The van der Waals surface area contributed by atoms with Crippen molar-refractivity contribution in [2.24, 2.45) is 22.9 Å². The Labute approximate surface area is 316 Å². The molecular weight excluding hydrogens is 696 g/mol. The minimum atomic E-state index is -1.56. The van der Waals surface area contributed by atoms with Gasteiger partial charge in [0, 0.05) is 31.1 Å². The van der Waals surface area contributed by atoms with Crippen LogP contribution < -0.4 is 9.47 Å². The molecule has 1 saturated carbocycles. The maximum atomic E-state index is 13.5. The van der Waals surface area contributed by atoms with Crippen molar-refractivity contribution in [2.75, 3.05) is 40.6 Å². The van der Waals surface area contributed by atoms with E-state index in [1.165, 1.54) is 18.9 Å². The Kier molecular flexibility index (Phi) is 13.4. The highest BCUT2D eigenvalue weighted by Crippen LogP contribution is 2.63. The molecule has 14 heteroatoms. The Bertz CT molecular complexity index is 1730. The average molecular weight is 751 g/mol. The lowest BCUT2D eigenvalue weighted by molar-refractivity contribution is -0.252. The number of nitrogens with zero attached hydrogens (tertiary/aromatic N) is 4. The number of benzene rings is 1. The van der Waals surface area contributed by atoms with Crippen molar-refractivity contribution in [1.82, 2.24) is 15.0 Å². The van der Waals surface area contributed by atoms with Gasteiger partial charge in [0.05, 0.1) is 32.5 Å². The van der Waals surface area contributed by atoms with E-state index in [-0.39, 0.29) is 55.4 Å². The van der Waals surface area contributed by atoms with Gasteiger partial charge in [-0.1, -0.05) is 48.0 Å². The van der Waals surface area contributed by atoms with E-state index < -0.39 is 35.3 Å². The van der Waals surface area contributed by atoms with E-state index in [1.807, 2.05) is 39.0 Å². The second kappa shape index (κ2) is 17.7. The lowest BCUT2D eigenvalue weighted by Gasteiger charge is -2.58. The summed E-state index contributed by atoms with van der Waals surface area (Å²) in [5.74, 6) is -2.85. The first-order chi connectivity index (χ1) is 26.0. The molecule has 2 heterocycles. The van der Waals surface area contributed by atoms with Gasteiger partial charge in [0.15, 0.2) is 5.69 Å².